The molecule has 6 nitrogen and oxygen atoms in total. The van der Waals surface area contributed by atoms with Crippen LogP contribution in [0.5, 0.6) is 0 Å². The summed E-state index contributed by atoms with van der Waals surface area (Å²) >= 11 is 0. The highest BCUT2D eigenvalue weighted by Crippen LogP contribution is 2.31. The number of hydrogen-bond acceptors (Lipinski definition) is 4. The minimum absolute atomic E-state index is 0.0250. The van der Waals surface area contributed by atoms with Crippen LogP contribution in [0.2, 0.25) is 0 Å². The van der Waals surface area contributed by atoms with Gasteiger partial charge >= 0.3 is 5.97 Å². The summed E-state index contributed by atoms with van der Waals surface area (Å²) in [4.78, 5) is 31.4. The molecule has 6 heteroatoms. The van der Waals surface area contributed by atoms with E-state index in [4.69, 9.17) is 4.74 Å². The van der Waals surface area contributed by atoms with Gasteiger partial charge in [0.15, 0.2) is 0 Å². The molecule has 0 unspecified atom stereocenters. The van der Waals surface area contributed by atoms with Crippen molar-refractivity contribution in [1.82, 2.24) is 14.4 Å². The van der Waals surface area contributed by atoms with Gasteiger partial charge in [0.1, 0.15) is 5.69 Å². The molecule has 5 rings (SSSR count). The molecular formula is C34H37N3O3. The van der Waals surface area contributed by atoms with Gasteiger partial charge in [0.05, 0.1) is 18.2 Å². The topological polar surface area (TPSA) is 54.8 Å². The fourth-order valence-electron chi connectivity index (χ4n) is 5.86. The first kappa shape index (κ1) is 27.4. The number of nitrogens with zero attached hydrogens (tertiary/aromatic N) is 3. The maximum absolute atomic E-state index is 14.0. The molecule has 2 heterocycles. The number of aromatic nitrogens is 1. The largest absolute Gasteiger partial charge is 0.461 e. The van der Waals surface area contributed by atoms with Crippen molar-refractivity contribution in [3.63, 3.8) is 0 Å². The van der Waals surface area contributed by atoms with E-state index in [0.717, 1.165) is 24.3 Å². The third-order valence-corrected chi connectivity index (χ3v) is 7.83. The SMILES string of the molecule is CCOC(=O)c1c(C)c(C(=O)N2CCN(C(c3ccccc3)c3ccccc3)CC2)c(C)n1Cc1ccccc1. The summed E-state index contributed by atoms with van der Waals surface area (Å²) in [5.41, 5.74) is 6.10. The molecule has 0 radical (unpaired) electrons. The number of benzene rings is 3. The zero-order valence-corrected chi connectivity index (χ0v) is 23.5. The van der Waals surface area contributed by atoms with Gasteiger partial charge in [0.2, 0.25) is 0 Å². The van der Waals surface area contributed by atoms with E-state index in [1.54, 1.807) is 6.92 Å². The maximum Gasteiger partial charge on any atom is 0.355 e. The first-order valence-corrected chi connectivity index (χ1v) is 14.0. The van der Waals surface area contributed by atoms with Crippen molar-refractivity contribution < 1.29 is 14.3 Å². The zero-order valence-electron chi connectivity index (χ0n) is 23.5. The van der Waals surface area contributed by atoms with Gasteiger partial charge in [-0.05, 0) is 43.0 Å². The third-order valence-electron chi connectivity index (χ3n) is 7.83. The minimum atomic E-state index is -0.392. The molecule has 40 heavy (non-hydrogen) atoms. The lowest BCUT2D eigenvalue weighted by atomic mass is 9.96. The number of rotatable bonds is 8. The molecule has 0 atom stereocenters. The summed E-state index contributed by atoms with van der Waals surface area (Å²) in [6.45, 7) is 9.13. The quantitative estimate of drug-likeness (QED) is 0.265. The number of piperazine rings is 1. The maximum atomic E-state index is 14.0. The zero-order chi connectivity index (χ0) is 28.1. The van der Waals surface area contributed by atoms with E-state index in [9.17, 15) is 9.59 Å². The number of ether oxygens (including phenoxy) is 1. The average molecular weight is 536 g/mol. The lowest BCUT2D eigenvalue weighted by Crippen LogP contribution is -2.50. The first-order valence-electron chi connectivity index (χ1n) is 14.0. The normalized spacial score (nSPS) is 13.9. The molecule has 4 aromatic rings. The molecule has 1 aromatic heterocycles. The Balaban J connectivity index is 1.40. The predicted octanol–water partition coefficient (Wildman–Crippen LogP) is 5.88. The summed E-state index contributed by atoms with van der Waals surface area (Å²) in [6, 6.07) is 31.2. The number of esters is 1. The van der Waals surface area contributed by atoms with Gasteiger partial charge < -0.3 is 14.2 Å². The van der Waals surface area contributed by atoms with E-state index in [1.165, 1.54) is 11.1 Å². The Hall–Kier alpha value is -4.16. The second-order valence-corrected chi connectivity index (χ2v) is 10.3. The Kier molecular flexibility index (Phi) is 8.46. The molecule has 1 saturated heterocycles. The molecule has 1 fully saturated rings. The van der Waals surface area contributed by atoms with Crippen LogP contribution in [-0.4, -0.2) is 59.0 Å². The third kappa shape index (κ3) is 5.58. The van der Waals surface area contributed by atoms with Crippen molar-refractivity contribution >= 4 is 11.9 Å². The molecule has 1 aliphatic rings. The summed E-state index contributed by atoms with van der Waals surface area (Å²) in [7, 11) is 0. The highest BCUT2D eigenvalue weighted by molar-refractivity contribution is 6.01. The Labute approximate surface area is 236 Å². The lowest BCUT2D eigenvalue weighted by Gasteiger charge is -2.40. The molecule has 1 aliphatic heterocycles. The second kappa shape index (κ2) is 12.3. The second-order valence-electron chi connectivity index (χ2n) is 10.3. The van der Waals surface area contributed by atoms with Gasteiger partial charge in [-0.3, -0.25) is 9.69 Å². The number of amides is 1. The molecule has 0 aliphatic carbocycles. The van der Waals surface area contributed by atoms with Crippen molar-refractivity contribution in [2.75, 3.05) is 32.8 Å². The molecule has 0 spiro atoms. The van der Waals surface area contributed by atoms with Gasteiger partial charge in [-0.15, -0.1) is 0 Å². The Morgan fingerprint density at radius 2 is 1.30 bits per heavy atom. The summed E-state index contributed by atoms with van der Waals surface area (Å²) in [5.74, 6) is -0.417. The molecule has 0 saturated carbocycles. The van der Waals surface area contributed by atoms with Crippen LogP contribution in [0.15, 0.2) is 91.0 Å². The van der Waals surface area contributed by atoms with Gasteiger partial charge in [0, 0.05) is 38.4 Å². The van der Waals surface area contributed by atoms with E-state index < -0.39 is 5.97 Å². The van der Waals surface area contributed by atoms with E-state index >= 15 is 0 Å². The van der Waals surface area contributed by atoms with Gasteiger partial charge in [-0.2, -0.15) is 0 Å². The Morgan fingerprint density at radius 1 is 0.775 bits per heavy atom. The van der Waals surface area contributed by atoms with Crippen molar-refractivity contribution in [2.24, 2.45) is 0 Å². The predicted molar refractivity (Wildman–Crippen MR) is 158 cm³/mol. The Morgan fingerprint density at radius 3 is 1.82 bits per heavy atom. The molecule has 3 aromatic carbocycles. The number of carbonyl (C=O) groups is 2. The fourth-order valence-corrected chi connectivity index (χ4v) is 5.86. The molecule has 1 amide bonds. The van der Waals surface area contributed by atoms with Gasteiger partial charge in [0.25, 0.3) is 5.91 Å². The van der Waals surface area contributed by atoms with Crippen molar-refractivity contribution in [3.05, 3.63) is 130 Å². The van der Waals surface area contributed by atoms with Gasteiger partial charge in [-0.25, -0.2) is 4.79 Å². The number of hydrogen-bond donors (Lipinski definition) is 0. The van der Waals surface area contributed by atoms with E-state index in [1.807, 2.05) is 65.8 Å². The van der Waals surface area contributed by atoms with Crippen LogP contribution in [0.25, 0.3) is 0 Å². The smallest absolute Gasteiger partial charge is 0.355 e. The van der Waals surface area contributed by atoms with Crippen LogP contribution in [0.3, 0.4) is 0 Å². The lowest BCUT2D eigenvalue weighted by molar-refractivity contribution is 0.0513. The molecule has 0 bridgehead atoms. The van der Waals surface area contributed by atoms with Gasteiger partial charge in [-0.1, -0.05) is 91.0 Å². The Bertz CT molecular complexity index is 1400. The summed E-state index contributed by atoms with van der Waals surface area (Å²) < 4.78 is 7.35. The van der Waals surface area contributed by atoms with Crippen LogP contribution >= 0.6 is 0 Å². The van der Waals surface area contributed by atoms with E-state index in [2.05, 4.69) is 53.4 Å². The molecule has 0 N–H and O–H groups in total. The van der Waals surface area contributed by atoms with Crippen LogP contribution in [-0.2, 0) is 11.3 Å². The minimum Gasteiger partial charge on any atom is -0.461 e. The summed E-state index contributed by atoms with van der Waals surface area (Å²) in [5, 5.41) is 0. The van der Waals surface area contributed by atoms with Crippen molar-refractivity contribution in [2.45, 2.75) is 33.4 Å². The molecular weight excluding hydrogens is 498 g/mol. The monoisotopic (exact) mass is 535 g/mol. The van der Waals surface area contributed by atoms with Crippen LogP contribution in [0.1, 0.15) is 61.8 Å². The van der Waals surface area contributed by atoms with Crippen molar-refractivity contribution in [3.8, 4) is 0 Å². The number of carbonyl (C=O) groups excluding carboxylic acids is 2. The van der Waals surface area contributed by atoms with Crippen LogP contribution < -0.4 is 0 Å². The van der Waals surface area contributed by atoms with E-state index in [0.29, 0.717) is 36.5 Å². The standard InChI is InChI=1S/C34H37N3O3/c1-4-40-34(39)31-25(2)30(26(3)37(31)24-27-14-8-5-9-15-27)33(38)36-22-20-35(21-23-36)32(28-16-10-6-11-17-28)29-18-12-7-13-19-29/h5-19,32H,4,20-24H2,1-3H3. The highest BCUT2D eigenvalue weighted by atomic mass is 16.5. The molecule has 206 valence electrons. The summed E-state index contributed by atoms with van der Waals surface area (Å²) in [6.07, 6.45) is 0. The average Bonchev–Trinajstić information content (AvgIpc) is 3.23. The van der Waals surface area contributed by atoms with Crippen LogP contribution in [0, 0.1) is 13.8 Å². The van der Waals surface area contributed by atoms with E-state index in [-0.39, 0.29) is 18.6 Å². The van der Waals surface area contributed by atoms with Crippen LogP contribution in [0.4, 0.5) is 0 Å². The first-order chi connectivity index (χ1) is 19.5. The fraction of sp³-hybridized carbons (Fsp3) is 0.294. The highest BCUT2D eigenvalue weighted by Gasteiger charge is 2.33. The van der Waals surface area contributed by atoms with Crippen molar-refractivity contribution in [1.29, 1.82) is 0 Å².